The molecule has 1 aromatic carbocycles. The molecule has 0 saturated carbocycles. The number of rotatable bonds is 5. The van der Waals surface area contributed by atoms with Crippen molar-refractivity contribution in [2.45, 2.75) is 45.6 Å². The van der Waals surface area contributed by atoms with Crippen molar-refractivity contribution in [1.82, 2.24) is 10.2 Å². The molecular weight excluding hydrogens is 356 g/mol. The number of thiocarbonyl (C=S) groups is 1. The van der Waals surface area contributed by atoms with Crippen LogP contribution in [0.5, 0.6) is 5.75 Å². The SMILES string of the molecule is CCCOc1ccc(C2NC(=S)N(CC)C3=C2C(=O)CCC3)cc1Cl. The summed E-state index contributed by atoms with van der Waals surface area (Å²) in [7, 11) is 0. The molecule has 0 spiro atoms. The number of ether oxygens (including phenoxy) is 1. The van der Waals surface area contributed by atoms with E-state index in [0.29, 0.717) is 28.9 Å². The molecule has 1 aliphatic heterocycles. The summed E-state index contributed by atoms with van der Waals surface area (Å²) in [6, 6.07) is 5.47. The number of benzene rings is 1. The molecule has 0 fully saturated rings. The maximum absolute atomic E-state index is 12.6. The molecule has 1 atom stereocenters. The van der Waals surface area contributed by atoms with Crippen molar-refractivity contribution in [3.05, 3.63) is 40.1 Å². The predicted octanol–water partition coefficient (Wildman–Crippen LogP) is 4.39. The molecule has 0 amide bonds. The van der Waals surface area contributed by atoms with E-state index in [9.17, 15) is 4.79 Å². The molecule has 1 aliphatic carbocycles. The minimum atomic E-state index is -0.240. The van der Waals surface area contributed by atoms with Crippen molar-refractivity contribution in [2.75, 3.05) is 13.2 Å². The molecule has 2 aliphatic rings. The number of Topliss-reactive ketones (excluding diaryl/α,β-unsaturated/α-hetero) is 1. The largest absolute Gasteiger partial charge is 0.492 e. The Kier molecular flexibility index (Phi) is 5.64. The first kappa shape index (κ1) is 18.2. The molecule has 0 aromatic heterocycles. The molecule has 0 bridgehead atoms. The highest BCUT2D eigenvalue weighted by Crippen LogP contribution is 2.39. The minimum Gasteiger partial charge on any atom is -0.492 e. The number of allylic oxidation sites excluding steroid dienone is 1. The van der Waals surface area contributed by atoms with E-state index in [-0.39, 0.29) is 11.8 Å². The fourth-order valence-electron chi connectivity index (χ4n) is 3.46. The smallest absolute Gasteiger partial charge is 0.173 e. The van der Waals surface area contributed by atoms with Gasteiger partial charge in [0.05, 0.1) is 17.7 Å². The third-order valence-corrected chi connectivity index (χ3v) is 5.26. The molecule has 0 saturated heterocycles. The average Bonchev–Trinajstić information content (AvgIpc) is 2.60. The Hall–Kier alpha value is -1.59. The van der Waals surface area contributed by atoms with Gasteiger partial charge >= 0.3 is 0 Å². The van der Waals surface area contributed by atoms with E-state index in [1.165, 1.54) is 0 Å². The number of carbonyl (C=O) groups is 1. The quantitative estimate of drug-likeness (QED) is 0.770. The number of nitrogens with one attached hydrogen (secondary N) is 1. The lowest BCUT2D eigenvalue weighted by Gasteiger charge is -2.40. The Morgan fingerprint density at radius 2 is 2.16 bits per heavy atom. The zero-order valence-electron chi connectivity index (χ0n) is 14.6. The first-order chi connectivity index (χ1) is 12.1. The third-order valence-electron chi connectivity index (χ3n) is 4.62. The molecule has 1 heterocycles. The van der Waals surface area contributed by atoms with Crippen molar-refractivity contribution < 1.29 is 9.53 Å². The van der Waals surface area contributed by atoms with Gasteiger partial charge in [-0.3, -0.25) is 4.79 Å². The van der Waals surface area contributed by atoms with Crippen LogP contribution < -0.4 is 10.1 Å². The van der Waals surface area contributed by atoms with E-state index in [0.717, 1.165) is 42.6 Å². The first-order valence-electron chi connectivity index (χ1n) is 8.83. The standard InChI is InChI=1S/C19H23ClN2O2S/c1-3-10-24-16-9-8-12(11-13(16)20)18-17-14(6-5-7-15(17)23)22(4-2)19(25)21-18/h8-9,11,18H,3-7,10H2,1-2H3,(H,21,25). The molecule has 0 radical (unpaired) electrons. The molecule has 25 heavy (non-hydrogen) atoms. The first-order valence-corrected chi connectivity index (χ1v) is 9.62. The molecule has 3 rings (SSSR count). The molecule has 134 valence electrons. The van der Waals surface area contributed by atoms with Gasteiger partial charge in [-0.2, -0.15) is 0 Å². The van der Waals surface area contributed by atoms with Gasteiger partial charge in [-0.25, -0.2) is 0 Å². The number of nitrogens with zero attached hydrogens (tertiary/aromatic N) is 1. The fourth-order valence-corrected chi connectivity index (χ4v) is 4.06. The van der Waals surface area contributed by atoms with Gasteiger partial charge in [0.15, 0.2) is 10.9 Å². The lowest BCUT2D eigenvalue weighted by atomic mass is 9.85. The van der Waals surface area contributed by atoms with E-state index in [2.05, 4.69) is 19.2 Å². The van der Waals surface area contributed by atoms with Gasteiger partial charge in [-0.15, -0.1) is 0 Å². The van der Waals surface area contributed by atoms with E-state index in [1.54, 1.807) is 0 Å². The average molecular weight is 379 g/mol. The van der Waals surface area contributed by atoms with Gasteiger partial charge in [0.25, 0.3) is 0 Å². The number of carbonyl (C=O) groups excluding carboxylic acids is 1. The van der Waals surface area contributed by atoms with Crippen LogP contribution in [0.3, 0.4) is 0 Å². The summed E-state index contributed by atoms with van der Waals surface area (Å²) in [6.45, 7) is 5.49. The summed E-state index contributed by atoms with van der Waals surface area (Å²) in [5, 5.41) is 4.56. The summed E-state index contributed by atoms with van der Waals surface area (Å²) in [5.74, 6) is 0.868. The van der Waals surface area contributed by atoms with Crippen LogP contribution in [0.15, 0.2) is 29.5 Å². The number of hydrogen-bond donors (Lipinski definition) is 1. The molecule has 1 unspecified atom stereocenters. The lowest BCUT2D eigenvalue weighted by molar-refractivity contribution is -0.116. The fraction of sp³-hybridized carbons (Fsp3) is 0.474. The Morgan fingerprint density at radius 1 is 1.36 bits per heavy atom. The second kappa shape index (κ2) is 7.75. The second-order valence-corrected chi connectivity index (χ2v) is 7.10. The Labute approximate surface area is 159 Å². The highest BCUT2D eigenvalue weighted by atomic mass is 35.5. The molecular formula is C19H23ClN2O2S. The van der Waals surface area contributed by atoms with Crippen molar-refractivity contribution in [3.63, 3.8) is 0 Å². The molecule has 1 aromatic rings. The maximum Gasteiger partial charge on any atom is 0.173 e. The van der Waals surface area contributed by atoms with Gasteiger partial charge < -0.3 is 15.0 Å². The van der Waals surface area contributed by atoms with E-state index in [1.807, 2.05) is 23.1 Å². The monoisotopic (exact) mass is 378 g/mol. The van der Waals surface area contributed by atoms with Gasteiger partial charge in [-0.05, 0) is 56.1 Å². The highest BCUT2D eigenvalue weighted by Gasteiger charge is 2.36. The summed E-state index contributed by atoms with van der Waals surface area (Å²) >= 11 is 11.9. The van der Waals surface area contributed by atoms with E-state index >= 15 is 0 Å². The van der Waals surface area contributed by atoms with Crippen LogP contribution in [0, 0.1) is 0 Å². The lowest BCUT2D eigenvalue weighted by Crippen LogP contribution is -2.49. The van der Waals surface area contributed by atoms with Gasteiger partial charge in [0.1, 0.15) is 5.75 Å². The van der Waals surface area contributed by atoms with Crippen LogP contribution in [0.1, 0.15) is 51.1 Å². The molecule has 6 heteroatoms. The van der Waals surface area contributed by atoms with Gasteiger partial charge in [-0.1, -0.05) is 24.6 Å². The Bertz CT molecular complexity index is 732. The maximum atomic E-state index is 12.6. The summed E-state index contributed by atoms with van der Waals surface area (Å²) in [6.07, 6.45) is 3.29. The summed E-state index contributed by atoms with van der Waals surface area (Å²) in [5.41, 5.74) is 2.84. The van der Waals surface area contributed by atoms with E-state index < -0.39 is 0 Å². The third kappa shape index (κ3) is 3.53. The molecule has 1 N–H and O–H groups in total. The van der Waals surface area contributed by atoms with Gasteiger partial charge in [0, 0.05) is 24.2 Å². The van der Waals surface area contributed by atoms with Crippen LogP contribution in [0.4, 0.5) is 0 Å². The van der Waals surface area contributed by atoms with Gasteiger partial charge in [0.2, 0.25) is 0 Å². The topological polar surface area (TPSA) is 41.6 Å². The second-order valence-electron chi connectivity index (χ2n) is 6.30. The van der Waals surface area contributed by atoms with Crippen LogP contribution in [-0.2, 0) is 4.79 Å². The Morgan fingerprint density at radius 3 is 2.84 bits per heavy atom. The van der Waals surface area contributed by atoms with E-state index in [4.69, 9.17) is 28.6 Å². The van der Waals surface area contributed by atoms with Crippen LogP contribution in [-0.4, -0.2) is 28.9 Å². The van der Waals surface area contributed by atoms with Crippen molar-refractivity contribution in [3.8, 4) is 5.75 Å². The number of hydrogen-bond acceptors (Lipinski definition) is 3. The number of halogens is 1. The predicted molar refractivity (Wildman–Crippen MR) is 104 cm³/mol. The zero-order valence-corrected chi connectivity index (χ0v) is 16.2. The van der Waals surface area contributed by atoms with Crippen molar-refractivity contribution in [2.24, 2.45) is 0 Å². The zero-order chi connectivity index (χ0) is 18.0. The normalized spacial score (nSPS) is 20.4. The van der Waals surface area contributed by atoms with Crippen molar-refractivity contribution >= 4 is 34.7 Å². The van der Waals surface area contributed by atoms with Crippen LogP contribution in [0.2, 0.25) is 5.02 Å². The Balaban J connectivity index is 1.99. The molecule has 4 nitrogen and oxygen atoms in total. The summed E-state index contributed by atoms with van der Waals surface area (Å²) < 4.78 is 5.65. The highest BCUT2D eigenvalue weighted by molar-refractivity contribution is 7.80. The summed E-state index contributed by atoms with van der Waals surface area (Å²) in [4.78, 5) is 14.7. The number of ketones is 1. The van der Waals surface area contributed by atoms with Crippen molar-refractivity contribution in [1.29, 1.82) is 0 Å². The minimum absolute atomic E-state index is 0.196. The van der Waals surface area contributed by atoms with Crippen LogP contribution >= 0.6 is 23.8 Å². The van der Waals surface area contributed by atoms with Crippen LogP contribution in [0.25, 0.3) is 0 Å².